The van der Waals surface area contributed by atoms with Gasteiger partial charge in [-0.15, -0.1) is 0 Å². The van der Waals surface area contributed by atoms with Crippen LogP contribution in [0.5, 0.6) is 5.75 Å². The number of carboxylic acid groups (broad SMARTS) is 1. The lowest BCUT2D eigenvalue weighted by Crippen LogP contribution is -2.45. The summed E-state index contributed by atoms with van der Waals surface area (Å²) in [5.74, 6) is -2.69. The number of fused-ring (bicyclic) bond motifs is 2. The number of amides is 1. The maximum Gasteiger partial charge on any atom is 0.231 e. The first kappa shape index (κ1) is 13.6. The summed E-state index contributed by atoms with van der Waals surface area (Å²) in [5.41, 5.74) is 0.574. The zero-order chi connectivity index (χ0) is 15.0. The fourth-order valence-corrected chi connectivity index (χ4v) is 2.80. The summed E-state index contributed by atoms with van der Waals surface area (Å²) in [5, 5.41) is 13.9. The smallest absolute Gasteiger partial charge is 0.231 e. The Morgan fingerprint density at radius 1 is 1.14 bits per heavy atom. The van der Waals surface area contributed by atoms with Gasteiger partial charge in [0.25, 0.3) is 0 Å². The maximum atomic E-state index is 12.3. The molecule has 1 amide bonds. The lowest BCUT2D eigenvalue weighted by molar-refractivity contribution is -0.313. The van der Waals surface area contributed by atoms with Crippen LogP contribution in [-0.4, -0.2) is 31.2 Å². The molecule has 6 nitrogen and oxygen atoms in total. The van der Waals surface area contributed by atoms with Crippen molar-refractivity contribution in [3.05, 3.63) is 36.4 Å². The van der Waals surface area contributed by atoms with E-state index in [-0.39, 0.29) is 5.91 Å². The van der Waals surface area contributed by atoms with Crippen LogP contribution in [0.3, 0.4) is 0 Å². The average molecular weight is 288 g/mol. The minimum atomic E-state index is -1.26. The molecule has 110 valence electrons. The van der Waals surface area contributed by atoms with Gasteiger partial charge in [-0.25, -0.2) is 0 Å². The number of carbonyl (C=O) groups is 2. The molecule has 0 saturated carbocycles. The average Bonchev–Trinajstić information content (AvgIpc) is 3.08. The molecule has 0 spiro atoms. The molecule has 1 aromatic carbocycles. The lowest BCUT2D eigenvalue weighted by Gasteiger charge is -2.24. The normalized spacial score (nSPS) is 29.4. The summed E-state index contributed by atoms with van der Waals surface area (Å²) in [6.07, 6.45) is 2.31. The van der Waals surface area contributed by atoms with Crippen molar-refractivity contribution in [3.63, 3.8) is 0 Å². The first-order valence-electron chi connectivity index (χ1n) is 6.59. The molecule has 2 bridgehead atoms. The van der Waals surface area contributed by atoms with Gasteiger partial charge in [0.2, 0.25) is 5.91 Å². The highest BCUT2D eigenvalue weighted by atomic mass is 16.5. The van der Waals surface area contributed by atoms with Gasteiger partial charge in [-0.05, 0) is 24.3 Å². The molecular weight excluding hydrogens is 274 g/mol. The van der Waals surface area contributed by atoms with Crippen LogP contribution in [0.4, 0.5) is 5.69 Å². The number of hydrogen-bond acceptors (Lipinski definition) is 5. The fourth-order valence-electron chi connectivity index (χ4n) is 2.80. The van der Waals surface area contributed by atoms with Crippen LogP contribution < -0.4 is 15.2 Å². The molecule has 1 N–H and O–H groups in total. The van der Waals surface area contributed by atoms with Gasteiger partial charge in [0.05, 0.1) is 25.2 Å². The van der Waals surface area contributed by atoms with E-state index >= 15 is 0 Å². The van der Waals surface area contributed by atoms with E-state index in [1.165, 1.54) is 0 Å². The quantitative estimate of drug-likeness (QED) is 0.785. The highest BCUT2D eigenvalue weighted by molar-refractivity contribution is 5.96. The van der Waals surface area contributed by atoms with E-state index in [2.05, 4.69) is 5.32 Å². The molecule has 1 saturated heterocycles. The topological polar surface area (TPSA) is 87.7 Å². The summed E-state index contributed by atoms with van der Waals surface area (Å²) < 4.78 is 10.5. The predicted octanol–water partition coefficient (Wildman–Crippen LogP) is -0.0468. The van der Waals surface area contributed by atoms with E-state index in [0.717, 1.165) is 0 Å². The molecule has 0 radical (unpaired) electrons. The van der Waals surface area contributed by atoms with Gasteiger partial charge in [0.1, 0.15) is 5.75 Å². The van der Waals surface area contributed by atoms with Crippen molar-refractivity contribution in [1.82, 2.24) is 0 Å². The van der Waals surface area contributed by atoms with Crippen LogP contribution in [0.2, 0.25) is 0 Å². The Hall–Kier alpha value is -2.34. The van der Waals surface area contributed by atoms with Crippen molar-refractivity contribution in [2.75, 3.05) is 12.4 Å². The van der Waals surface area contributed by atoms with E-state index in [4.69, 9.17) is 9.47 Å². The van der Waals surface area contributed by atoms with E-state index in [1.807, 2.05) is 0 Å². The maximum absolute atomic E-state index is 12.3. The number of carbonyl (C=O) groups excluding carboxylic acids is 2. The van der Waals surface area contributed by atoms with Crippen LogP contribution in [0.25, 0.3) is 0 Å². The molecule has 0 aliphatic carbocycles. The van der Waals surface area contributed by atoms with Gasteiger partial charge in [-0.2, -0.15) is 0 Å². The number of rotatable bonds is 4. The molecule has 1 fully saturated rings. The van der Waals surface area contributed by atoms with Crippen molar-refractivity contribution in [2.45, 2.75) is 12.2 Å². The number of carboxylic acids is 1. The summed E-state index contributed by atoms with van der Waals surface area (Å²) in [4.78, 5) is 23.5. The van der Waals surface area contributed by atoms with Gasteiger partial charge in [0.15, 0.2) is 0 Å². The minimum Gasteiger partial charge on any atom is -0.550 e. The third-order valence-electron chi connectivity index (χ3n) is 3.83. The molecule has 6 heteroatoms. The molecule has 3 rings (SSSR count). The van der Waals surface area contributed by atoms with Gasteiger partial charge >= 0.3 is 0 Å². The number of aliphatic carboxylic acids is 1. The van der Waals surface area contributed by atoms with E-state index < -0.39 is 30.0 Å². The second kappa shape index (κ2) is 5.21. The second-order valence-corrected chi connectivity index (χ2v) is 5.04. The molecule has 21 heavy (non-hydrogen) atoms. The first-order valence-corrected chi connectivity index (χ1v) is 6.59. The van der Waals surface area contributed by atoms with Gasteiger partial charge in [-0.1, -0.05) is 12.2 Å². The zero-order valence-electron chi connectivity index (χ0n) is 11.3. The molecule has 2 heterocycles. The van der Waals surface area contributed by atoms with Crippen molar-refractivity contribution in [3.8, 4) is 5.75 Å². The number of nitrogens with one attached hydrogen (secondary N) is 1. The zero-order valence-corrected chi connectivity index (χ0v) is 11.3. The van der Waals surface area contributed by atoms with Crippen molar-refractivity contribution < 1.29 is 24.2 Å². The summed E-state index contributed by atoms with van der Waals surface area (Å²) in [6.45, 7) is 0. The van der Waals surface area contributed by atoms with Crippen LogP contribution in [0.15, 0.2) is 36.4 Å². The third kappa shape index (κ3) is 2.38. The molecule has 2 aliphatic rings. The Morgan fingerprint density at radius 3 is 2.33 bits per heavy atom. The van der Waals surface area contributed by atoms with Gasteiger partial charge in [-0.3, -0.25) is 4.79 Å². The standard InChI is InChI=1S/C15H15NO5/c1-20-9-4-2-8(3-5-9)16-14(17)12-10-6-7-11(21-10)13(12)15(18)19/h2-7,10-13H,1H3,(H,16,17)(H,18,19)/p-1/t10-,11+,12-,13-/m0/s1. The SMILES string of the molecule is COc1ccc(NC(=O)[C@@H]2[C@@H](C(=O)[O-])[C@H]3C=C[C@@H]2O3)cc1. The minimum absolute atomic E-state index is 0.383. The fraction of sp³-hybridized carbons (Fsp3) is 0.333. The van der Waals surface area contributed by atoms with Crippen molar-refractivity contribution in [1.29, 1.82) is 0 Å². The Balaban J connectivity index is 1.75. The third-order valence-corrected chi connectivity index (χ3v) is 3.83. The Bertz CT molecular complexity index is 595. The van der Waals surface area contributed by atoms with Crippen molar-refractivity contribution in [2.24, 2.45) is 11.8 Å². The molecule has 1 aromatic rings. The number of benzene rings is 1. The second-order valence-electron chi connectivity index (χ2n) is 5.04. The lowest BCUT2D eigenvalue weighted by atomic mass is 9.82. The Morgan fingerprint density at radius 2 is 1.76 bits per heavy atom. The number of ether oxygens (including phenoxy) is 2. The summed E-state index contributed by atoms with van der Waals surface area (Å²) >= 11 is 0. The van der Waals surface area contributed by atoms with Gasteiger partial charge in [0, 0.05) is 17.6 Å². The molecule has 0 aromatic heterocycles. The van der Waals surface area contributed by atoms with Crippen LogP contribution in [-0.2, 0) is 14.3 Å². The van der Waals surface area contributed by atoms with Crippen LogP contribution >= 0.6 is 0 Å². The number of hydrogen-bond donors (Lipinski definition) is 1. The highest BCUT2D eigenvalue weighted by Crippen LogP contribution is 2.39. The monoisotopic (exact) mass is 288 g/mol. The van der Waals surface area contributed by atoms with E-state index in [0.29, 0.717) is 11.4 Å². The van der Waals surface area contributed by atoms with Crippen LogP contribution in [0.1, 0.15) is 0 Å². The summed E-state index contributed by atoms with van der Waals surface area (Å²) in [6, 6.07) is 6.80. The Kier molecular flexibility index (Phi) is 3.39. The van der Waals surface area contributed by atoms with Gasteiger partial charge < -0.3 is 24.7 Å². The van der Waals surface area contributed by atoms with Crippen molar-refractivity contribution >= 4 is 17.6 Å². The summed E-state index contributed by atoms with van der Waals surface area (Å²) in [7, 11) is 1.55. The molecule has 4 atom stereocenters. The molecule has 2 aliphatic heterocycles. The Labute approximate surface area is 121 Å². The molecular formula is C15H14NO5-. The number of methoxy groups -OCH3 is 1. The highest BCUT2D eigenvalue weighted by Gasteiger charge is 2.50. The molecule has 0 unspecified atom stereocenters. The largest absolute Gasteiger partial charge is 0.550 e. The predicted molar refractivity (Wildman–Crippen MR) is 71.4 cm³/mol. The van der Waals surface area contributed by atoms with Crippen LogP contribution in [0, 0.1) is 11.8 Å². The van der Waals surface area contributed by atoms with E-state index in [9.17, 15) is 14.7 Å². The first-order chi connectivity index (χ1) is 10.1. The number of anilines is 1. The van der Waals surface area contributed by atoms with E-state index in [1.54, 1.807) is 43.5 Å².